The molecule has 31 heavy (non-hydrogen) atoms. The van der Waals surface area contributed by atoms with Crippen molar-refractivity contribution in [3.05, 3.63) is 51.4 Å². The van der Waals surface area contributed by atoms with Crippen LogP contribution in [0.1, 0.15) is 28.7 Å². The molecule has 3 unspecified atom stereocenters. The molecule has 1 saturated heterocycles. The Morgan fingerprint density at radius 2 is 1.71 bits per heavy atom. The first-order valence-electron chi connectivity index (χ1n) is 9.66. The molecule has 0 radical (unpaired) electrons. The number of cyclic esters (lactones) is 1. The molecule has 3 aliphatic rings. The molecule has 2 aliphatic heterocycles. The Morgan fingerprint density at radius 1 is 1.06 bits per heavy atom. The van der Waals surface area contributed by atoms with Crippen molar-refractivity contribution in [3.8, 4) is 28.7 Å². The fourth-order valence-corrected chi connectivity index (χ4v) is 4.83. The lowest BCUT2D eigenvalue weighted by molar-refractivity contribution is -0.141. The van der Waals surface area contributed by atoms with E-state index >= 15 is 0 Å². The van der Waals surface area contributed by atoms with Crippen molar-refractivity contribution in [3.63, 3.8) is 0 Å². The molecule has 160 valence electrons. The summed E-state index contributed by atoms with van der Waals surface area (Å²) in [6.45, 7) is 0.231. The zero-order valence-electron chi connectivity index (χ0n) is 16.8. The molecule has 1 aliphatic carbocycles. The number of hydrogen-bond acceptors (Lipinski definition) is 8. The molecule has 2 aromatic carbocycles. The van der Waals surface area contributed by atoms with Gasteiger partial charge < -0.3 is 28.8 Å². The maximum atomic E-state index is 12.8. The summed E-state index contributed by atoms with van der Waals surface area (Å²) >= 11 is 0. The third-order valence-corrected chi connectivity index (χ3v) is 6.19. The van der Waals surface area contributed by atoms with Gasteiger partial charge in [0.1, 0.15) is 0 Å². The summed E-state index contributed by atoms with van der Waals surface area (Å²) in [6, 6.07) is 6.37. The van der Waals surface area contributed by atoms with Crippen molar-refractivity contribution >= 4 is 5.97 Å². The van der Waals surface area contributed by atoms with Crippen LogP contribution in [0.5, 0.6) is 28.7 Å². The van der Waals surface area contributed by atoms with Gasteiger partial charge in [-0.2, -0.15) is 0 Å². The summed E-state index contributed by atoms with van der Waals surface area (Å²) < 4.78 is 27.1. The minimum absolute atomic E-state index is 0.0881. The van der Waals surface area contributed by atoms with Gasteiger partial charge in [-0.15, -0.1) is 0 Å². The van der Waals surface area contributed by atoms with Crippen LogP contribution in [0.15, 0.2) is 29.4 Å². The Labute approximate surface area is 176 Å². The van der Waals surface area contributed by atoms with Crippen molar-refractivity contribution < 1.29 is 33.6 Å². The van der Waals surface area contributed by atoms with E-state index in [1.165, 1.54) is 14.2 Å². The van der Waals surface area contributed by atoms with Crippen molar-refractivity contribution in [1.29, 1.82) is 0 Å². The SMILES string of the molecule is COc1cc(C2c3cc4c(cc3C(N=[N+]=[N-])[C@H]3COC(=O)C23)OCO4)cc(OC)c1O. The molecule has 2 heterocycles. The number of phenols is 1. The molecule has 2 aromatic rings. The van der Waals surface area contributed by atoms with Crippen LogP contribution in [0.4, 0.5) is 0 Å². The topological polar surface area (TPSA) is 132 Å². The maximum absolute atomic E-state index is 12.8. The second-order valence-corrected chi connectivity index (χ2v) is 7.56. The number of hydrogen-bond donors (Lipinski definition) is 1. The highest BCUT2D eigenvalue weighted by molar-refractivity contribution is 5.79. The number of esters is 1. The minimum Gasteiger partial charge on any atom is -0.502 e. The molecule has 10 heteroatoms. The second-order valence-electron chi connectivity index (χ2n) is 7.56. The van der Waals surface area contributed by atoms with Gasteiger partial charge in [0.15, 0.2) is 23.0 Å². The van der Waals surface area contributed by atoms with Gasteiger partial charge in [-0.3, -0.25) is 4.79 Å². The van der Waals surface area contributed by atoms with Crippen molar-refractivity contribution in [2.24, 2.45) is 17.0 Å². The van der Waals surface area contributed by atoms with E-state index in [0.717, 1.165) is 11.1 Å². The first kappa shape index (κ1) is 19.2. The number of azide groups is 1. The van der Waals surface area contributed by atoms with E-state index in [-0.39, 0.29) is 42.5 Å². The van der Waals surface area contributed by atoms with Gasteiger partial charge >= 0.3 is 5.97 Å². The number of fused-ring (bicyclic) bond motifs is 3. The number of rotatable bonds is 4. The average molecular weight is 425 g/mol. The molecular weight excluding hydrogens is 406 g/mol. The van der Waals surface area contributed by atoms with E-state index in [4.69, 9.17) is 23.7 Å². The number of methoxy groups -OCH3 is 2. The van der Waals surface area contributed by atoms with Crippen LogP contribution in [0, 0.1) is 11.8 Å². The fraction of sp³-hybridized carbons (Fsp3) is 0.381. The van der Waals surface area contributed by atoms with E-state index in [0.29, 0.717) is 17.1 Å². The van der Waals surface area contributed by atoms with Crippen LogP contribution in [-0.2, 0) is 9.53 Å². The quantitative estimate of drug-likeness (QED) is 0.343. The third kappa shape index (κ3) is 2.79. The van der Waals surface area contributed by atoms with Gasteiger partial charge in [0.25, 0.3) is 0 Å². The smallest absolute Gasteiger partial charge is 0.310 e. The second kappa shape index (κ2) is 7.17. The van der Waals surface area contributed by atoms with Gasteiger partial charge in [0.2, 0.25) is 12.5 Å². The maximum Gasteiger partial charge on any atom is 0.310 e. The third-order valence-electron chi connectivity index (χ3n) is 6.19. The zero-order valence-corrected chi connectivity index (χ0v) is 16.8. The Bertz CT molecular complexity index is 1100. The van der Waals surface area contributed by atoms with E-state index in [9.17, 15) is 15.4 Å². The zero-order chi connectivity index (χ0) is 21.7. The highest BCUT2D eigenvalue weighted by atomic mass is 16.7. The van der Waals surface area contributed by atoms with Crippen molar-refractivity contribution in [1.82, 2.24) is 0 Å². The van der Waals surface area contributed by atoms with Crippen LogP contribution < -0.4 is 18.9 Å². The van der Waals surface area contributed by atoms with Gasteiger partial charge in [-0.25, -0.2) is 0 Å². The highest BCUT2D eigenvalue weighted by Gasteiger charge is 2.52. The number of carbonyl (C=O) groups excluding carboxylic acids is 1. The van der Waals surface area contributed by atoms with Crippen LogP contribution in [0.2, 0.25) is 0 Å². The van der Waals surface area contributed by atoms with Crippen LogP contribution in [0.3, 0.4) is 0 Å². The van der Waals surface area contributed by atoms with Crippen LogP contribution in [0.25, 0.3) is 10.4 Å². The Hall–Kier alpha value is -3.78. The lowest BCUT2D eigenvalue weighted by Crippen LogP contribution is -2.34. The average Bonchev–Trinajstić information content (AvgIpc) is 3.39. The van der Waals surface area contributed by atoms with Gasteiger partial charge in [-0.05, 0) is 46.5 Å². The Kier molecular flexibility index (Phi) is 4.44. The number of ether oxygens (including phenoxy) is 5. The van der Waals surface area contributed by atoms with Crippen molar-refractivity contribution in [2.45, 2.75) is 12.0 Å². The molecule has 10 nitrogen and oxygen atoms in total. The Morgan fingerprint density at radius 3 is 2.32 bits per heavy atom. The number of phenolic OH excluding ortho intramolecular Hbond substituents is 1. The molecule has 0 bridgehead atoms. The number of carbonyl (C=O) groups is 1. The first-order valence-corrected chi connectivity index (χ1v) is 9.66. The van der Waals surface area contributed by atoms with Crippen LogP contribution in [-0.4, -0.2) is 38.7 Å². The summed E-state index contributed by atoms with van der Waals surface area (Å²) in [5.74, 6) is -0.373. The largest absolute Gasteiger partial charge is 0.502 e. The summed E-state index contributed by atoms with van der Waals surface area (Å²) in [5.41, 5.74) is 11.4. The molecule has 4 atom stereocenters. The number of nitrogens with zero attached hydrogens (tertiary/aromatic N) is 3. The molecular formula is C21H19N3O7. The number of aromatic hydroxyl groups is 1. The molecule has 5 rings (SSSR count). The molecule has 0 saturated carbocycles. The van der Waals surface area contributed by atoms with E-state index < -0.39 is 17.9 Å². The standard InChI is InChI=1S/C21H19N3O7/c1-27-15-3-9(4-16(28-2)20(15)25)17-10-5-13-14(31-8-30-13)6-11(10)19(23-24-22)12-7-29-21(26)18(12)17/h3-6,12,17-19,25H,7-8H2,1-2H3/t12-,17?,18?,19?/m0/s1. The molecule has 0 spiro atoms. The summed E-state index contributed by atoms with van der Waals surface area (Å²) in [6.07, 6.45) is 0. The minimum atomic E-state index is -0.595. The summed E-state index contributed by atoms with van der Waals surface area (Å²) in [7, 11) is 2.88. The van der Waals surface area contributed by atoms with Gasteiger partial charge in [0.05, 0.1) is 32.8 Å². The van der Waals surface area contributed by atoms with Gasteiger partial charge in [0, 0.05) is 16.7 Å². The predicted molar refractivity (Wildman–Crippen MR) is 105 cm³/mol. The van der Waals surface area contributed by atoms with Gasteiger partial charge in [-0.1, -0.05) is 5.11 Å². The van der Waals surface area contributed by atoms with E-state index in [1.807, 2.05) is 6.07 Å². The normalized spacial score (nSPS) is 25.2. The highest BCUT2D eigenvalue weighted by Crippen LogP contribution is 2.56. The predicted octanol–water partition coefficient (Wildman–Crippen LogP) is 3.42. The van der Waals surface area contributed by atoms with Crippen LogP contribution >= 0.6 is 0 Å². The first-order chi connectivity index (χ1) is 15.1. The van der Waals surface area contributed by atoms with E-state index in [1.54, 1.807) is 18.2 Å². The lowest BCUT2D eigenvalue weighted by atomic mass is 9.65. The summed E-state index contributed by atoms with van der Waals surface area (Å²) in [4.78, 5) is 15.9. The lowest BCUT2D eigenvalue weighted by Gasteiger charge is -2.37. The monoisotopic (exact) mass is 425 g/mol. The molecule has 1 fully saturated rings. The molecule has 0 aromatic heterocycles. The summed E-state index contributed by atoms with van der Waals surface area (Å²) in [5, 5.41) is 14.4. The fourth-order valence-electron chi connectivity index (χ4n) is 4.83. The number of benzene rings is 2. The molecule has 1 N–H and O–H groups in total. The molecule has 0 amide bonds. The Balaban J connectivity index is 1.78. The van der Waals surface area contributed by atoms with Crippen molar-refractivity contribution in [2.75, 3.05) is 27.6 Å². The van der Waals surface area contributed by atoms with E-state index in [2.05, 4.69) is 10.0 Å².